The number of fused-ring (bicyclic) bond motifs is 4. The summed E-state index contributed by atoms with van der Waals surface area (Å²) in [5, 5.41) is -0.229. The Morgan fingerprint density at radius 2 is 1.15 bits per heavy atom. The Kier molecular flexibility index (Phi) is 3.29. The van der Waals surface area contributed by atoms with Crippen LogP contribution < -0.4 is 10.4 Å². The van der Waals surface area contributed by atoms with Crippen LogP contribution in [0.1, 0.15) is 43.9 Å². The molecule has 46 heavy (non-hydrogen) atoms. The van der Waals surface area contributed by atoms with Gasteiger partial charge >= 0.3 is 0 Å². The molecule has 0 radical (unpaired) electrons. The highest BCUT2D eigenvalue weighted by molar-refractivity contribution is 6.07. The van der Waals surface area contributed by atoms with Gasteiger partial charge in [0.05, 0.1) is 24.7 Å². The fourth-order valence-electron chi connectivity index (χ4n) is 6.05. The van der Waals surface area contributed by atoms with Crippen molar-refractivity contribution in [2.24, 2.45) is 0 Å². The Hall–Kier alpha value is -5.72. The van der Waals surface area contributed by atoms with Crippen molar-refractivity contribution >= 4 is 44.4 Å². The lowest BCUT2D eigenvalue weighted by molar-refractivity contribution is 0.922. The van der Waals surface area contributed by atoms with Crippen LogP contribution in [0.4, 0.5) is 0 Å². The largest absolute Gasteiger partial charge is 0.0751 e. The van der Waals surface area contributed by atoms with Gasteiger partial charge in [-0.3, -0.25) is 0 Å². The fraction of sp³-hybridized carbons (Fsp3) is 0.0435. The molecule has 0 spiro atoms. The first-order valence-electron chi connectivity index (χ1n) is 24.2. The molecule has 216 valence electrons. The van der Waals surface area contributed by atoms with Gasteiger partial charge < -0.3 is 0 Å². The molecule has 0 heteroatoms. The van der Waals surface area contributed by atoms with Gasteiger partial charge in [-0.05, 0) is 100 Å². The van der Waals surface area contributed by atoms with Gasteiger partial charge in [0.1, 0.15) is 0 Å². The second-order valence-electron chi connectivity index (χ2n) is 10.9. The molecule has 0 bridgehead atoms. The van der Waals surface area contributed by atoms with E-state index < -0.39 is 149 Å². The zero-order valence-electron chi connectivity index (χ0n) is 43.0. The standard InChI is InChI=1S/C46H32/c1-2-10-31(11-3-1)39-26-27-43-44(30-39)46(40-25-21-33-13-5-7-15-37(33)29-40)42-17-9-8-16-41(42)45(43)35-22-18-34(19-23-35)38-24-20-32-12-4-6-14-36(32)28-38/h1-25,27-30,39H,26H2/i1D,2D,3D,5D,7D,8D,9D,10D,11D,13D,15D,16D,17D,21D,25D,26D,27D,29D,30D. The molecular weight excluding hydrogens is 553 g/mol. The van der Waals surface area contributed by atoms with Crippen molar-refractivity contribution in [1.29, 1.82) is 0 Å². The SMILES string of the molecule is [2H]C1=c2c(-c3ccc(-c4ccc5ccccc5c4)cc3)c3c([2H])c([2H])c([2H])c([2H])c3c(-c3c([2H])c([2H])c4c([2H])c([2H])c([2H])c([2H])c4c3[2H])c2=C([2H])C(c2c([2H])c([2H])c([2H])c([2H])c2[2H])C1[2H]. The lowest BCUT2D eigenvalue weighted by Crippen LogP contribution is -2.33. The van der Waals surface area contributed by atoms with E-state index in [9.17, 15) is 9.60 Å². The minimum atomic E-state index is -1.86. The van der Waals surface area contributed by atoms with Crippen LogP contribution in [0.15, 0.2) is 163 Å². The summed E-state index contributed by atoms with van der Waals surface area (Å²) in [5.41, 5.74) is 0.268. The molecule has 0 aliphatic heterocycles. The summed E-state index contributed by atoms with van der Waals surface area (Å²) in [7, 11) is 0. The molecule has 2 atom stereocenters. The molecule has 0 fully saturated rings. The van der Waals surface area contributed by atoms with E-state index in [2.05, 4.69) is 0 Å². The third-order valence-electron chi connectivity index (χ3n) is 8.22. The molecule has 0 aromatic heterocycles. The Bertz CT molecular complexity index is 3570. The molecule has 0 saturated heterocycles. The van der Waals surface area contributed by atoms with Crippen molar-refractivity contribution in [1.82, 2.24) is 0 Å². The minimum Gasteiger partial charge on any atom is -0.0751 e. The second kappa shape index (κ2) is 11.0. The molecule has 8 aromatic carbocycles. The Labute approximate surface area is 295 Å². The van der Waals surface area contributed by atoms with Crippen LogP contribution in [-0.4, -0.2) is 0 Å². The van der Waals surface area contributed by atoms with Crippen LogP contribution in [0.3, 0.4) is 0 Å². The summed E-state index contributed by atoms with van der Waals surface area (Å²) < 4.78 is 171. The molecule has 2 unspecified atom stereocenters. The maximum absolute atomic E-state index is 9.99. The third-order valence-corrected chi connectivity index (χ3v) is 8.22. The van der Waals surface area contributed by atoms with Gasteiger partial charge in [0, 0.05) is 7.29 Å². The van der Waals surface area contributed by atoms with E-state index in [4.69, 9.17) is 16.4 Å². The summed E-state index contributed by atoms with van der Waals surface area (Å²) >= 11 is 0. The summed E-state index contributed by atoms with van der Waals surface area (Å²) in [6, 6.07) is 7.32. The van der Waals surface area contributed by atoms with Gasteiger partial charge in [0.15, 0.2) is 0 Å². The van der Waals surface area contributed by atoms with Crippen LogP contribution in [-0.2, 0) is 0 Å². The maximum atomic E-state index is 9.99. The lowest BCUT2D eigenvalue weighted by atomic mass is 9.82. The first-order chi connectivity index (χ1) is 30.7. The van der Waals surface area contributed by atoms with Crippen molar-refractivity contribution in [2.75, 3.05) is 0 Å². The quantitative estimate of drug-likeness (QED) is 0.188. The van der Waals surface area contributed by atoms with Crippen molar-refractivity contribution in [3.63, 3.8) is 0 Å². The van der Waals surface area contributed by atoms with Crippen LogP contribution >= 0.6 is 0 Å². The molecule has 8 aromatic rings. The summed E-state index contributed by atoms with van der Waals surface area (Å²) in [6.07, 6.45) is -1.86. The van der Waals surface area contributed by atoms with E-state index >= 15 is 0 Å². The number of hydrogen-bond acceptors (Lipinski definition) is 0. The van der Waals surface area contributed by atoms with Crippen LogP contribution in [0.5, 0.6) is 0 Å². The predicted octanol–water partition coefficient (Wildman–Crippen LogP) is 10.9. The first kappa shape index (κ1) is 13.7. The molecule has 0 N–H and O–H groups in total. The molecular formula is C46H32. The van der Waals surface area contributed by atoms with Gasteiger partial charge in [-0.25, -0.2) is 0 Å². The van der Waals surface area contributed by atoms with Gasteiger partial charge in [0.2, 0.25) is 0 Å². The van der Waals surface area contributed by atoms with E-state index in [1.54, 1.807) is 24.3 Å². The van der Waals surface area contributed by atoms with Crippen LogP contribution in [0.25, 0.3) is 77.8 Å². The smallest absolute Gasteiger partial charge is 0.0636 e. The number of hydrogen-bond donors (Lipinski definition) is 0. The third kappa shape index (κ3) is 4.54. The average Bonchev–Trinajstić information content (AvgIpc) is 3.30. The topological polar surface area (TPSA) is 0 Å². The Morgan fingerprint density at radius 3 is 1.96 bits per heavy atom. The fourth-order valence-corrected chi connectivity index (χ4v) is 6.05. The normalized spacial score (nSPS) is 22.0. The summed E-state index contributed by atoms with van der Waals surface area (Å²) in [5.74, 6) is -1.80. The van der Waals surface area contributed by atoms with E-state index in [0.717, 1.165) is 21.9 Å². The van der Waals surface area contributed by atoms with Gasteiger partial charge in [-0.1, -0.05) is 163 Å². The zero-order valence-corrected chi connectivity index (χ0v) is 24.0. The molecule has 9 rings (SSSR count). The van der Waals surface area contributed by atoms with Gasteiger partial charge in [0.25, 0.3) is 0 Å². The number of rotatable bonds is 4. The first-order valence-corrected chi connectivity index (χ1v) is 14.6. The molecule has 1 aliphatic rings. The second-order valence-corrected chi connectivity index (χ2v) is 10.9. The van der Waals surface area contributed by atoms with Crippen molar-refractivity contribution < 1.29 is 26.0 Å². The monoisotopic (exact) mass is 603 g/mol. The van der Waals surface area contributed by atoms with E-state index in [1.165, 1.54) is 0 Å². The number of benzene rings is 8. The highest BCUT2D eigenvalue weighted by Gasteiger charge is 2.19. The highest BCUT2D eigenvalue weighted by atomic mass is 14.2. The van der Waals surface area contributed by atoms with Crippen molar-refractivity contribution in [2.45, 2.75) is 12.3 Å². The highest BCUT2D eigenvalue weighted by Crippen LogP contribution is 2.35. The molecule has 0 saturated carbocycles. The maximum Gasteiger partial charge on any atom is 0.0636 e. The minimum absolute atomic E-state index is 0.0332. The predicted molar refractivity (Wildman–Crippen MR) is 197 cm³/mol. The summed E-state index contributed by atoms with van der Waals surface area (Å²) in [6.45, 7) is 0. The Balaban J connectivity index is 1.53. The van der Waals surface area contributed by atoms with E-state index in [-0.39, 0.29) is 32.3 Å². The van der Waals surface area contributed by atoms with Crippen molar-refractivity contribution in [3.05, 3.63) is 179 Å². The molecule has 1 aliphatic carbocycles. The molecule has 0 nitrogen and oxygen atoms in total. The molecule has 0 heterocycles. The van der Waals surface area contributed by atoms with E-state index in [0.29, 0.717) is 0 Å². The summed E-state index contributed by atoms with van der Waals surface area (Å²) in [4.78, 5) is 0. The van der Waals surface area contributed by atoms with Crippen molar-refractivity contribution in [3.8, 4) is 33.4 Å². The zero-order chi connectivity index (χ0) is 47.0. The van der Waals surface area contributed by atoms with Crippen LogP contribution in [0, 0.1) is 0 Å². The average molecular weight is 604 g/mol. The van der Waals surface area contributed by atoms with Crippen LogP contribution in [0.2, 0.25) is 0 Å². The van der Waals surface area contributed by atoms with E-state index in [1.807, 2.05) is 42.5 Å². The lowest BCUT2D eigenvalue weighted by Gasteiger charge is -2.21. The van der Waals surface area contributed by atoms with Gasteiger partial charge in [-0.2, -0.15) is 0 Å². The van der Waals surface area contributed by atoms with Gasteiger partial charge in [-0.15, -0.1) is 0 Å². The Morgan fingerprint density at radius 1 is 0.500 bits per heavy atom. The molecule has 0 amide bonds.